The zero-order valence-corrected chi connectivity index (χ0v) is 20.7. The van der Waals surface area contributed by atoms with E-state index < -0.39 is 28.6 Å². The van der Waals surface area contributed by atoms with Crippen LogP contribution in [-0.4, -0.2) is 70.1 Å². The number of para-hydroxylation sites is 1. The molecule has 1 spiro atoms. The number of halogens is 1. The Bertz CT molecular complexity index is 1010. The summed E-state index contributed by atoms with van der Waals surface area (Å²) in [7, 11) is 0. The lowest BCUT2D eigenvalue weighted by atomic mass is 9.71. The summed E-state index contributed by atoms with van der Waals surface area (Å²) in [6.45, 7) is 9.27. The van der Waals surface area contributed by atoms with E-state index in [2.05, 4.69) is 13.2 Å². The summed E-state index contributed by atoms with van der Waals surface area (Å²) in [5, 5.41) is 10.1. The molecule has 2 unspecified atom stereocenters. The minimum atomic E-state index is -0.833. The van der Waals surface area contributed by atoms with E-state index in [-0.39, 0.29) is 43.4 Å². The minimum Gasteiger partial charge on any atom is -0.461 e. The first kappa shape index (κ1) is 24.8. The van der Waals surface area contributed by atoms with Crippen molar-refractivity contribution in [1.29, 1.82) is 0 Å². The van der Waals surface area contributed by atoms with E-state index in [1.54, 1.807) is 28.8 Å². The van der Waals surface area contributed by atoms with Crippen LogP contribution in [0.4, 0.5) is 5.69 Å². The van der Waals surface area contributed by atoms with Gasteiger partial charge in [-0.25, -0.2) is 0 Å². The summed E-state index contributed by atoms with van der Waals surface area (Å²) >= 11 is 8.07. The number of carbonyl (C=O) groups is 3. The number of β-amino-alcohol motifs (C(OH)–C–C–N with tert-alkyl or cyclic N) is 1. The van der Waals surface area contributed by atoms with Gasteiger partial charge in [-0.05, 0) is 31.4 Å². The molecule has 0 aromatic heterocycles. The van der Waals surface area contributed by atoms with Gasteiger partial charge in [-0.15, -0.1) is 18.3 Å². The standard InChI is InChI=1S/C25H29ClN2O5S/c1-4-11-27(20-15(3)7-6-8-16(20)26)23(31)21-25-10-9-17(34-25)18(24(32)33-14-5-2)19(25)22(30)28(21)12-13-29/h4-8,17-19,21,29H,1-2,9-14H2,3H3/t17-,18+,19+,21?,25?/m1/s1. The van der Waals surface area contributed by atoms with Crippen LogP contribution in [0.2, 0.25) is 5.02 Å². The van der Waals surface area contributed by atoms with Crippen molar-refractivity contribution >= 4 is 46.8 Å². The van der Waals surface area contributed by atoms with E-state index in [0.717, 1.165) is 5.56 Å². The number of thioether (sulfide) groups is 1. The molecule has 3 aliphatic heterocycles. The predicted octanol–water partition coefficient (Wildman–Crippen LogP) is 2.98. The van der Waals surface area contributed by atoms with Crippen molar-refractivity contribution in [3.63, 3.8) is 0 Å². The lowest BCUT2D eigenvalue weighted by Gasteiger charge is -2.37. The molecule has 4 rings (SSSR count). The Labute approximate surface area is 208 Å². The number of aliphatic hydroxyl groups excluding tert-OH is 1. The molecule has 0 radical (unpaired) electrons. The molecule has 1 aromatic carbocycles. The first-order valence-electron chi connectivity index (χ1n) is 11.4. The van der Waals surface area contributed by atoms with Crippen molar-refractivity contribution in [2.75, 3.05) is 31.2 Å². The second kappa shape index (κ2) is 9.76. The van der Waals surface area contributed by atoms with Crippen LogP contribution >= 0.6 is 23.4 Å². The van der Waals surface area contributed by atoms with Crippen LogP contribution in [0, 0.1) is 18.8 Å². The number of ether oxygens (including phenoxy) is 1. The van der Waals surface area contributed by atoms with E-state index in [0.29, 0.717) is 23.6 Å². The van der Waals surface area contributed by atoms with Gasteiger partial charge in [0.1, 0.15) is 12.6 Å². The minimum absolute atomic E-state index is 0.0105. The van der Waals surface area contributed by atoms with Crippen molar-refractivity contribution in [2.45, 2.75) is 35.8 Å². The maximum atomic E-state index is 14.2. The number of likely N-dealkylation sites (tertiary alicyclic amines) is 1. The normalized spacial score (nSPS) is 29.1. The molecule has 1 aromatic rings. The molecule has 9 heteroatoms. The largest absolute Gasteiger partial charge is 0.461 e. The third-order valence-electron chi connectivity index (χ3n) is 7.03. The van der Waals surface area contributed by atoms with Crippen LogP contribution < -0.4 is 4.90 Å². The third kappa shape index (κ3) is 3.76. The van der Waals surface area contributed by atoms with Crippen LogP contribution in [0.1, 0.15) is 18.4 Å². The van der Waals surface area contributed by atoms with Crippen molar-refractivity contribution in [2.24, 2.45) is 11.8 Å². The number of amides is 2. The monoisotopic (exact) mass is 504 g/mol. The summed E-state index contributed by atoms with van der Waals surface area (Å²) in [6.07, 6.45) is 4.46. The van der Waals surface area contributed by atoms with Gasteiger partial charge in [0.05, 0.1) is 33.9 Å². The van der Waals surface area contributed by atoms with E-state index in [1.165, 1.54) is 11.0 Å². The third-order valence-corrected chi connectivity index (χ3v) is 9.28. The Hall–Kier alpha value is -2.29. The molecule has 7 nitrogen and oxygen atoms in total. The Morgan fingerprint density at radius 3 is 2.79 bits per heavy atom. The number of esters is 1. The topological polar surface area (TPSA) is 87.1 Å². The average Bonchev–Trinajstić information content (AvgIpc) is 3.44. The highest BCUT2D eigenvalue weighted by atomic mass is 35.5. The molecule has 1 N–H and O–H groups in total. The number of aliphatic hydroxyl groups is 1. The maximum absolute atomic E-state index is 14.2. The second-order valence-electron chi connectivity index (χ2n) is 8.87. The summed E-state index contributed by atoms with van der Waals surface area (Å²) in [5.41, 5.74) is 1.40. The maximum Gasteiger partial charge on any atom is 0.311 e. The first-order chi connectivity index (χ1) is 16.3. The van der Waals surface area contributed by atoms with Gasteiger partial charge in [0, 0.05) is 18.3 Å². The van der Waals surface area contributed by atoms with Crippen molar-refractivity contribution in [1.82, 2.24) is 4.90 Å². The molecule has 2 bridgehead atoms. The van der Waals surface area contributed by atoms with Crippen LogP contribution in [0.3, 0.4) is 0 Å². The van der Waals surface area contributed by atoms with Gasteiger partial charge >= 0.3 is 5.97 Å². The molecule has 34 heavy (non-hydrogen) atoms. The lowest BCUT2D eigenvalue weighted by Crippen LogP contribution is -2.55. The lowest BCUT2D eigenvalue weighted by molar-refractivity contribution is -0.153. The fourth-order valence-electron chi connectivity index (χ4n) is 5.82. The molecular formula is C25H29ClN2O5S. The van der Waals surface area contributed by atoms with Crippen LogP contribution in [-0.2, 0) is 19.1 Å². The fourth-order valence-corrected chi connectivity index (χ4v) is 8.34. The van der Waals surface area contributed by atoms with Gasteiger partial charge < -0.3 is 19.6 Å². The highest BCUT2D eigenvalue weighted by Crippen LogP contribution is 2.66. The number of fused-ring (bicyclic) bond motifs is 1. The number of anilines is 1. The smallest absolute Gasteiger partial charge is 0.311 e. The number of carbonyl (C=O) groups excluding carboxylic acids is 3. The Balaban J connectivity index is 1.77. The number of hydrogen-bond donors (Lipinski definition) is 1. The van der Waals surface area contributed by atoms with Crippen LogP contribution in [0.15, 0.2) is 43.5 Å². The molecule has 3 aliphatic rings. The quantitative estimate of drug-likeness (QED) is 0.411. The molecule has 0 saturated carbocycles. The summed E-state index contributed by atoms with van der Waals surface area (Å²) in [6, 6.07) is 4.58. The zero-order chi connectivity index (χ0) is 24.6. The highest BCUT2D eigenvalue weighted by Gasteiger charge is 2.74. The summed E-state index contributed by atoms with van der Waals surface area (Å²) in [4.78, 5) is 43.9. The highest BCUT2D eigenvalue weighted by molar-refractivity contribution is 8.02. The molecule has 5 atom stereocenters. The fraction of sp³-hybridized carbons (Fsp3) is 0.480. The van der Waals surface area contributed by atoms with Crippen LogP contribution in [0.25, 0.3) is 0 Å². The van der Waals surface area contributed by atoms with Gasteiger partial charge in [0.2, 0.25) is 5.91 Å². The summed E-state index contributed by atoms with van der Waals surface area (Å²) in [5.74, 6) is -2.29. The first-order valence-corrected chi connectivity index (χ1v) is 12.6. The van der Waals surface area contributed by atoms with E-state index in [4.69, 9.17) is 16.3 Å². The molecule has 2 amide bonds. The molecule has 3 fully saturated rings. The number of nitrogens with zero attached hydrogens (tertiary/aromatic N) is 2. The van der Waals surface area contributed by atoms with Gasteiger partial charge in [-0.1, -0.05) is 42.5 Å². The number of rotatable bonds is 9. The van der Waals surface area contributed by atoms with Crippen molar-refractivity contribution in [3.8, 4) is 0 Å². The van der Waals surface area contributed by atoms with Gasteiger partial charge in [0.15, 0.2) is 0 Å². The van der Waals surface area contributed by atoms with Crippen molar-refractivity contribution in [3.05, 3.63) is 54.1 Å². The zero-order valence-electron chi connectivity index (χ0n) is 19.1. The molecule has 3 saturated heterocycles. The Kier molecular flexibility index (Phi) is 7.12. The average molecular weight is 505 g/mol. The number of aryl methyl sites for hydroxylation is 1. The Morgan fingerprint density at radius 1 is 1.38 bits per heavy atom. The summed E-state index contributed by atoms with van der Waals surface area (Å²) < 4.78 is 4.58. The van der Waals surface area contributed by atoms with E-state index in [1.807, 2.05) is 19.1 Å². The van der Waals surface area contributed by atoms with Crippen LogP contribution in [0.5, 0.6) is 0 Å². The molecule has 182 valence electrons. The van der Waals surface area contributed by atoms with Gasteiger partial charge in [-0.3, -0.25) is 14.4 Å². The number of hydrogen-bond acceptors (Lipinski definition) is 6. The number of benzene rings is 1. The molecule has 0 aliphatic carbocycles. The van der Waals surface area contributed by atoms with Crippen molar-refractivity contribution < 1.29 is 24.2 Å². The molecule has 3 heterocycles. The van der Waals surface area contributed by atoms with Gasteiger partial charge in [0.25, 0.3) is 5.91 Å². The van der Waals surface area contributed by atoms with Gasteiger partial charge in [-0.2, -0.15) is 0 Å². The SMILES string of the molecule is C=CCOC(=O)[C@@H]1[C@H]2C(=O)N(CCO)C(C(=O)N(CC=C)c3c(C)cccc3Cl)C23CC[C@H]1S3. The second-order valence-corrected chi connectivity index (χ2v) is 10.9. The Morgan fingerprint density at radius 2 is 2.15 bits per heavy atom. The molecular weight excluding hydrogens is 476 g/mol. The van der Waals surface area contributed by atoms with E-state index in [9.17, 15) is 19.5 Å². The van der Waals surface area contributed by atoms with E-state index >= 15 is 0 Å². The predicted molar refractivity (Wildman–Crippen MR) is 133 cm³/mol.